The van der Waals surface area contributed by atoms with Crippen molar-refractivity contribution in [2.24, 2.45) is 0 Å². The van der Waals surface area contributed by atoms with Crippen molar-refractivity contribution in [1.29, 1.82) is 0 Å². The van der Waals surface area contributed by atoms with Crippen molar-refractivity contribution in [3.8, 4) is 0 Å². The molecule has 5 heterocycles. The highest BCUT2D eigenvalue weighted by atomic mass is 16.3. The van der Waals surface area contributed by atoms with Crippen LogP contribution in [0.1, 0.15) is 13.3 Å². The summed E-state index contributed by atoms with van der Waals surface area (Å²) in [4.78, 5) is 14.5. The number of H-pyrrole nitrogens is 1. The van der Waals surface area contributed by atoms with Crippen molar-refractivity contribution < 1.29 is 5.11 Å². The number of fused-ring (bicyclic) bond motifs is 3. The molecular formula is C19H23N6O. The predicted octanol–water partition coefficient (Wildman–Crippen LogP) is 1.77. The number of hydrogen-bond donors (Lipinski definition) is 2. The van der Waals surface area contributed by atoms with Gasteiger partial charge in [0.2, 0.25) is 0 Å². The predicted molar refractivity (Wildman–Crippen MR) is 101 cm³/mol. The molecule has 26 heavy (non-hydrogen) atoms. The minimum Gasteiger partial charge on any atom is -0.389 e. The Kier molecular flexibility index (Phi) is 3.63. The van der Waals surface area contributed by atoms with E-state index >= 15 is 0 Å². The first-order valence-electron chi connectivity index (χ1n) is 9.14. The van der Waals surface area contributed by atoms with Crippen LogP contribution in [-0.2, 0) is 0 Å². The van der Waals surface area contributed by atoms with Crippen LogP contribution < -0.4 is 4.90 Å². The molecule has 1 unspecified atom stereocenters. The van der Waals surface area contributed by atoms with Gasteiger partial charge in [-0.2, -0.15) is 0 Å². The summed E-state index contributed by atoms with van der Waals surface area (Å²) in [5.41, 5.74) is 2.45. The number of aromatic nitrogens is 3. The van der Waals surface area contributed by atoms with Crippen LogP contribution in [0.4, 0.5) is 5.69 Å². The van der Waals surface area contributed by atoms with Gasteiger partial charge in [-0.1, -0.05) is 0 Å². The first-order chi connectivity index (χ1) is 12.6. The van der Waals surface area contributed by atoms with Crippen molar-refractivity contribution in [2.75, 3.05) is 37.6 Å². The summed E-state index contributed by atoms with van der Waals surface area (Å²) in [5, 5.41) is 17.0. The van der Waals surface area contributed by atoms with Gasteiger partial charge >= 0.3 is 0 Å². The van der Waals surface area contributed by atoms with Crippen molar-refractivity contribution in [3.05, 3.63) is 37.3 Å². The number of aliphatic hydroxyl groups is 1. The summed E-state index contributed by atoms with van der Waals surface area (Å²) in [6.07, 6.45) is 6.46. The summed E-state index contributed by atoms with van der Waals surface area (Å²) in [6, 6.07) is 4.17. The third kappa shape index (κ3) is 2.63. The number of rotatable bonds is 2. The van der Waals surface area contributed by atoms with E-state index in [1.165, 1.54) is 5.69 Å². The van der Waals surface area contributed by atoms with Crippen LogP contribution in [0.3, 0.4) is 0 Å². The Labute approximate surface area is 152 Å². The number of β-amino-alcohol motifs (C(OH)–C–C–N with tert-alkyl or cyclic N) is 1. The Balaban J connectivity index is 1.41. The van der Waals surface area contributed by atoms with Gasteiger partial charge in [-0.25, -0.2) is 15.0 Å². The molecule has 3 aromatic rings. The third-order valence-corrected chi connectivity index (χ3v) is 5.52. The summed E-state index contributed by atoms with van der Waals surface area (Å²) in [6.45, 7) is 8.46. The van der Waals surface area contributed by atoms with Crippen LogP contribution in [0.5, 0.6) is 0 Å². The molecule has 0 saturated carbocycles. The minimum absolute atomic E-state index is 0.570. The average Bonchev–Trinajstić information content (AvgIpc) is 3.27. The monoisotopic (exact) mass is 351 g/mol. The van der Waals surface area contributed by atoms with Gasteiger partial charge < -0.3 is 15.0 Å². The van der Waals surface area contributed by atoms with E-state index in [0.29, 0.717) is 6.54 Å². The molecule has 0 aromatic carbocycles. The molecule has 5 rings (SSSR count). The molecule has 1 radical (unpaired) electrons. The van der Waals surface area contributed by atoms with Gasteiger partial charge in [0.25, 0.3) is 0 Å². The lowest BCUT2D eigenvalue weighted by Crippen LogP contribution is -2.51. The number of aromatic amines is 1. The fourth-order valence-corrected chi connectivity index (χ4v) is 4.11. The second kappa shape index (κ2) is 5.90. The molecular weight excluding hydrogens is 328 g/mol. The lowest BCUT2D eigenvalue weighted by Gasteiger charge is -2.40. The van der Waals surface area contributed by atoms with Crippen LogP contribution >= 0.6 is 0 Å². The normalized spacial score (nSPS) is 25.5. The fourth-order valence-electron chi connectivity index (χ4n) is 4.11. The van der Waals surface area contributed by atoms with E-state index in [0.717, 1.165) is 54.5 Å². The molecule has 3 aromatic heterocycles. The van der Waals surface area contributed by atoms with E-state index in [9.17, 15) is 5.11 Å². The highest BCUT2D eigenvalue weighted by molar-refractivity contribution is 6.09. The molecule has 2 aliphatic rings. The Hall–Kier alpha value is -2.22. The highest BCUT2D eigenvalue weighted by Gasteiger charge is 2.35. The molecule has 0 bridgehead atoms. The van der Waals surface area contributed by atoms with Crippen LogP contribution in [-0.4, -0.2) is 68.4 Å². The maximum absolute atomic E-state index is 10.2. The molecule has 7 heteroatoms. The van der Waals surface area contributed by atoms with Crippen molar-refractivity contribution >= 4 is 27.6 Å². The topological polar surface area (TPSA) is 71.5 Å². The SMILES string of the molecule is CC1(O)CCN(N2[CH]CN(c3ccnc4cnc5[nH]ccc5c34)CC2)C1. The maximum atomic E-state index is 10.2. The number of nitrogens with one attached hydrogen (secondary N) is 1. The second-order valence-electron chi connectivity index (χ2n) is 7.52. The largest absolute Gasteiger partial charge is 0.389 e. The Bertz CT molecular complexity index is 944. The number of nitrogens with zero attached hydrogens (tertiary/aromatic N) is 5. The number of pyridine rings is 2. The number of hydrogen-bond acceptors (Lipinski definition) is 6. The zero-order chi connectivity index (χ0) is 17.7. The molecule has 7 nitrogen and oxygen atoms in total. The van der Waals surface area contributed by atoms with Gasteiger partial charge in [0, 0.05) is 61.6 Å². The Morgan fingerprint density at radius 3 is 2.88 bits per heavy atom. The lowest BCUT2D eigenvalue weighted by molar-refractivity contribution is -0.0123. The fraction of sp³-hybridized carbons (Fsp3) is 0.421. The summed E-state index contributed by atoms with van der Waals surface area (Å²) < 4.78 is 0. The maximum Gasteiger partial charge on any atom is 0.138 e. The zero-order valence-corrected chi connectivity index (χ0v) is 14.9. The van der Waals surface area contributed by atoms with Crippen molar-refractivity contribution in [2.45, 2.75) is 18.9 Å². The molecule has 1 atom stereocenters. The quantitative estimate of drug-likeness (QED) is 0.733. The van der Waals surface area contributed by atoms with Gasteiger partial charge in [0.1, 0.15) is 5.65 Å². The van der Waals surface area contributed by atoms with Crippen molar-refractivity contribution in [3.63, 3.8) is 0 Å². The first kappa shape index (κ1) is 16.0. The zero-order valence-electron chi connectivity index (χ0n) is 14.9. The highest BCUT2D eigenvalue weighted by Crippen LogP contribution is 2.32. The second-order valence-corrected chi connectivity index (χ2v) is 7.52. The van der Waals surface area contributed by atoms with E-state index in [4.69, 9.17) is 0 Å². The average molecular weight is 351 g/mol. The van der Waals surface area contributed by atoms with E-state index in [1.54, 1.807) is 0 Å². The van der Waals surface area contributed by atoms with Crippen molar-refractivity contribution in [1.82, 2.24) is 25.0 Å². The van der Waals surface area contributed by atoms with E-state index < -0.39 is 5.60 Å². The molecule has 135 valence electrons. The molecule has 0 amide bonds. The van der Waals surface area contributed by atoms with E-state index in [2.05, 4.69) is 48.5 Å². The Morgan fingerprint density at radius 2 is 2.12 bits per heavy atom. The number of hydrazine groups is 1. The minimum atomic E-state index is -0.570. The standard InChI is InChI=1S/C19H23N6O/c1-19(26)4-7-25(13-19)24-10-8-23(9-11-24)16-3-6-20-15-12-22-18-14(17(15)16)2-5-21-18/h2-3,5-6,10,12,26H,4,7-9,11,13H2,1H3,(H,21,22). The van der Waals surface area contributed by atoms with Crippen LogP contribution in [0.25, 0.3) is 21.9 Å². The number of piperazine rings is 1. The summed E-state index contributed by atoms with van der Waals surface area (Å²) >= 11 is 0. The lowest BCUT2D eigenvalue weighted by atomic mass is 10.1. The van der Waals surface area contributed by atoms with Crippen LogP contribution in [0.15, 0.2) is 30.7 Å². The van der Waals surface area contributed by atoms with Gasteiger partial charge in [-0.15, -0.1) is 0 Å². The molecule has 0 spiro atoms. The van der Waals surface area contributed by atoms with Gasteiger partial charge in [0.05, 0.1) is 23.9 Å². The first-order valence-corrected chi connectivity index (χ1v) is 9.14. The summed E-state index contributed by atoms with van der Waals surface area (Å²) in [7, 11) is 0. The van der Waals surface area contributed by atoms with Crippen LogP contribution in [0, 0.1) is 6.54 Å². The Morgan fingerprint density at radius 1 is 1.19 bits per heavy atom. The van der Waals surface area contributed by atoms with E-state index in [1.807, 2.05) is 25.5 Å². The van der Waals surface area contributed by atoms with Crippen LogP contribution in [0.2, 0.25) is 0 Å². The summed E-state index contributed by atoms with van der Waals surface area (Å²) in [5.74, 6) is 0. The molecule has 0 aliphatic carbocycles. The molecule has 2 N–H and O–H groups in total. The third-order valence-electron chi connectivity index (χ3n) is 5.52. The van der Waals surface area contributed by atoms with Gasteiger partial charge in [0.15, 0.2) is 0 Å². The molecule has 2 saturated heterocycles. The van der Waals surface area contributed by atoms with Gasteiger partial charge in [-0.05, 0) is 25.5 Å². The number of anilines is 1. The molecule has 2 aliphatic heterocycles. The smallest absolute Gasteiger partial charge is 0.138 e. The molecule has 2 fully saturated rings. The van der Waals surface area contributed by atoms with E-state index in [-0.39, 0.29) is 0 Å². The van der Waals surface area contributed by atoms with Gasteiger partial charge in [-0.3, -0.25) is 4.98 Å².